The van der Waals surface area contributed by atoms with Gasteiger partial charge >= 0.3 is 0 Å². The summed E-state index contributed by atoms with van der Waals surface area (Å²) in [4.78, 5) is 25.9. The van der Waals surface area contributed by atoms with E-state index in [4.69, 9.17) is 4.74 Å². The molecule has 206 valence electrons. The molecule has 0 bridgehead atoms. The lowest BCUT2D eigenvalue weighted by Gasteiger charge is -2.33. The highest BCUT2D eigenvalue weighted by Gasteiger charge is 2.26. The zero-order chi connectivity index (χ0) is 27.2. The molecule has 9 heteroatoms. The summed E-state index contributed by atoms with van der Waals surface area (Å²) in [6.45, 7) is 5.20. The molecule has 0 saturated carbocycles. The number of hydrogen-bond donors (Lipinski definition) is 1. The van der Waals surface area contributed by atoms with Crippen LogP contribution in [0.5, 0.6) is 5.88 Å². The van der Waals surface area contributed by atoms with Crippen molar-refractivity contribution < 1.29 is 18.3 Å². The highest BCUT2D eigenvalue weighted by molar-refractivity contribution is 5.94. The molecule has 1 N–H and O–H groups in total. The molecule has 5 rings (SSSR count). The van der Waals surface area contributed by atoms with Gasteiger partial charge in [0.05, 0.1) is 0 Å². The summed E-state index contributed by atoms with van der Waals surface area (Å²) >= 11 is 0. The zero-order valence-corrected chi connectivity index (χ0v) is 22.2. The van der Waals surface area contributed by atoms with Crippen LogP contribution in [0.1, 0.15) is 54.1 Å². The Kier molecular flexibility index (Phi) is 8.35. The highest BCUT2D eigenvalue weighted by Crippen LogP contribution is 2.30. The number of amides is 1. The fourth-order valence-corrected chi connectivity index (χ4v) is 5.23. The first kappa shape index (κ1) is 27.0. The normalized spacial score (nSPS) is 17.7. The van der Waals surface area contributed by atoms with Crippen LogP contribution in [0.3, 0.4) is 0 Å². The summed E-state index contributed by atoms with van der Waals surface area (Å²) in [6, 6.07) is 14.1. The van der Waals surface area contributed by atoms with Crippen LogP contribution in [0.25, 0.3) is 0 Å². The fourth-order valence-electron chi connectivity index (χ4n) is 5.23. The second-order valence-electron chi connectivity index (χ2n) is 10.5. The van der Waals surface area contributed by atoms with Crippen molar-refractivity contribution in [3.8, 4) is 5.88 Å². The standard InChI is InChI=1S/C30H35F2N5O2/c1-30(31,32)24-2-4-26(5-3-24)37-18-11-27(12-19-37)39-28-20-23(8-15-34-28)29(38)35-25-9-16-36(17-10-25)21-22-6-13-33-14-7-22/h2-8,13-15,20,25,27H,9-12,16-19,21H2,1H3,(H,35,38). The van der Waals surface area contributed by atoms with E-state index in [1.54, 1.807) is 30.5 Å². The van der Waals surface area contributed by atoms with Gasteiger partial charge in [0.25, 0.3) is 11.8 Å². The molecule has 2 aromatic heterocycles. The van der Waals surface area contributed by atoms with Crippen LogP contribution >= 0.6 is 0 Å². The third-order valence-corrected chi connectivity index (χ3v) is 7.54. The largest absolute Gasteiger partial charge is 0.474 e. The second kappa shape index (κ2) is 12.1. The Morgan fingerprint density at radius 3 is 2.33 bits per heavy atom. The Balaban J connectivity index is 1.08. The Labute approximate surface area is 228 Å². The topological polar surface area (TPSA) is 70.6 Å². The fraction of sp³-hybridized carbons (Fsp3) is 0.433. The third kappa shape index (κ3) is 7.29. The summed E-state index contributed by atoms with van der Waals surface area (Å²) in [5, 5.41) is 3.18. The maximum absolute atomic E-state index is 13.5. The molecule has 2 saturated heterocycles. The maximum Gasteiger partial charge on any atom is 0.270 e. The Hall–Kier alpha value is -3.59. The van der Waals surface area contributed by atoms with Gasteiger partial charge < -0.3 is 15.0 Å². The van der Waals surface area contributed by atoms with Gasteiger partial charge in [0.2, 0.25) is 5.88 Å². The van der Waals surface area contributed by atoms with Gasteiger partial charge in [-0.2, -0.15) is 0 Å². The van der Waals surface area contributed by atoms with Gasteiger partial charge in [-0.3, -0.25) is 14.7 Å². The number of rotatable bonds is 8. The molecule has 2 fully saturated rings. The van der Waals surface area contributed by atoms with Gasteiger partial charge in [0.1, 0.15) is 6.10 Å². The van der Waals surface area contributed by atoms with Crippen molar-refractivity contribution in [1.29, 1.82) is 0 Å². The molecule has 1 amide bonds. The molecule has 2 aliphatic heterocycles. The van der Waals surface area contributed by atoms with Crippen LogP contribution in [0, 0.1) is 0 Å². The number of nitrogens with zero attached hydrogens (tertiary/aromatic N) is 4. The predicted molar refractivity (Wildman–Crippen MR) is 146 cm³/mol. The quantitative estimate of drug-likeness (QED) is 0.436. The molecule has 4 heterocycles. The average Bonchev–Trinajstić information content (AvgIpc) is 2.95. The molecule has 1 aromatic carbocycles. The van der Waals surface area contributed by atoms with Gasteiger partial charge in [-0.05, 0) is 48.7 Å². The average molecular weight is 536 g/mol. The zero-order valence-electron chi connectivity index (χ0n) is 22.2. The first-order valence-corrected chi connectivity index (χ1v) is 13.6. The van der Waals surface area contributed by atoms with Crippen LogP contribution in [-0.4, -0.2) is 59.1 Å². The lowest BCUT2D eigenvalue weighted by Crippen LogP contribution is -2.44. The number of anilines is 1. The molecule has 0 unspecified atom stereocenters. The Morgan fingerprint density at radius 2 is 1.67 bits per heavy atom. The number of ether oxygens (including phenoxy) is 1. The lowest BCUT2D eigenvalue weighted by molar-refractivity contribution is 0.0175. The number of alkyl halides is 2. The Morgan fingerprint density at radius 1 is 0.974 bits per heavy atom. The minimum atomic E-state index is -2.84. The number of carbonyl (C=O) groups is 1. The number of piperidine rings is 2. The van der Waals surface area contributed by atoms with Crippen molar-refractivity contribution in [2.75, 3.05) is 31.1 Å². The van der Waals surface area contributed by atoms with Crippen LogP contribution in [0.2, 0.25) is 0 Å². The van der Waals surface area contributed by atoms with Crippen molar-refractivity contribution in [1.82, 2.24) is 20.2 Å². The Bertz CT molecular complexity index is 1220. The number of hydrogen-bond acceptors (Lipinski definition) is 6. The van der Waals surface area contributed by atoms with Gasteiger partial charge in [0.15, 0.2) is 0 Å². The van der Waals surface area contributed by atoms with E-state index in [1.165, 1.54) is 17.7 Å². The molecule has 39 heavy (non-hydrogen) atoms. The molecule has 0 atom stereocenters. The summed E-state index contributed by atoms with van der Waals surface area (Å²) in [7, 11) is 0. The van der Waals surface area contributed by atoms with Gasteiger partial charge in [0, 0.05) is 100 Å². The van der Waals surface area contributed by atoms with Crippen LogP contribution in [0.4, 0.5) is 14.5 Å². The van der Waals surface area contributed by atoms with Crippen LogP contribution < -0.4 is 15.0 Å². The van der Waals surface area contributed by atoms with Crippen molar-refractivity contribution in [3.05, 3.63) is 83.8 Å². The van der Waals surface area contributed by atoms with Gasteiger partial charge in [-0.1, -0.05) is 12.1 Å². The smallest absolute Gasteiger partial charge is 0.270 e. The number of aromatic nitrogens is 2. The first-order valence-electron chi connectivity index (χ1n) is 13.6. The van der Waals surface area contributed by atoms with E-state index in [9.17, 15) is 13.6 Å². The van der Waals surface area contributed by atoms with E-state index in [1.807, 2.05) is 24.5 Å². The molecule has 0 radical (unpaired) electrons. The van der Waals surface area contributed by atoms with E-state index < -0.39 is 5.92 Å². The van der Waals surface area contributed by atoms with Crippen LogP contribution in [-0.2, 0) is 12.5 Å². The van der Waals surface area contributed by atoms with Crippen molar-refractivity contribution in [2.45, 2.75) is 57.2 Å². The minimum Gasteiger partial charge on any atom is -0.474 e. The number of benzene rings is 1. The van der Waals surface area contributed by atoms with Crippen molar-refractivity contribution in [2.24, 2.45) is 0 Å². The number of halogens is 2. The number of nitrogens with one attached hydrogen (secondary N) is 1. The maximum atomic E-state index is 13.5. The number of likely N-dealkylation sites (tertiary alicyclic amines) is 1. The van der Waals surface area contributed by atoms with Crippen LogP contribution in [0.15, 0.2) is 67.1 Å². The minimum absolute atomic E-state index is 0.0176. The van der Waals surface area contributed by atoms with Gasteiger partial charge in [-0.25, -0.2) is 13.8 Å². The molecular formula is C30H35F2N5O2. The second-order valence-corrected chi connectivity index (χ2v) is 10.5. The predicted octanol–water partition coefficient (Wildman–Crippen LogP) is 5.03. The molecular weight excluding hydrogens is 500 g/mol. The first-order chi connectivity index (χ1) is 18.8. The SMILES string of the molecule is CC(F)(F)c1ccc(N2CCC(Oc3cc(C(=O)NC4CCN(Cc5ccncc5)CC4)ccn3)CC2)cc1. The van der Waals surface area contributed by atoms with E-state index >= 15 is 0 Å². The summed E-state index contributed by atoms with van der Waals surface area (Å²) in [6.07, 6.45) is 8.61. The summed E-state index contributed by atoms with van der Waals surface area (Å²) in [5.74, 6) is -2.50. The van der Waals surface area contributed by atoms with Crippen molar-refractivity contribution in [3.63, 3.8) is 0 Å². The summed E-state index contributed by atoms with van der Waals surface area (Å²) < 4.78 is 33.1. The molecule has 2 aliphatic rings. The number of carbonyl (C=O) groups excluding carboxylic acids is 1. The van der Waals surface area contributed by atoms with E-state index in [0.29, 0.717) is 11.4 Å². The van der Waals surface area contributed by atoms with E-state index in [0.717, 1.165) is 71.0 Å². The van der Waals surface area contributed by atoms with E-state index in [-0.39, 0.29) is 23.6 Å². The molecule has 0 aliphatic carbocycles. The van der Waals surface area contributed by atoms with Crippen molar-refractivity contribution >= 4 is 11.6 Å². The van der Waals surface area contributed by atoms with E-state index in [2.05, 4.69) is 25.1 Å². The number of pyridine rings is 2. The monoisotopic (exact) mass is 535 g/mol. The third-order valence-electron chi connectivity index (χ3n) is 7.54. The van der Waals surface area contributed by atoms with Gasteiger partial charge in [-0.15, -0.1) is 0 Å². The molecule has 0 spiro atoms. The lowest BCUT2D eigenvalue weighted by atomic mass is 10.0. The highest BCUT2D eigenvalue weighted by atomic mass is 19.3. The molecule has 3 aromatic rings. The molecule has 7 nitrogen and oxygen atoms in total. The summed E-state index contributed by atoms with van der Waals surface area (Å²) in [5.41, 5.74) is 2.75.